The van der Waals surface area contributed by atoms with E-state index in [-0.39, 0.29) is 29.8 Å². The van der Waals surface area contributed by atoms with Crippen LogP contribution in [0, 0.1) is 0 Å². The number of hydrogen-bond donors (Lipinski definition) is 1. The summed E-state index contributed by atoms with van der Waals surface area (Å²) in [6, 6.07) is 5.13. The molecule has 0 radical (unpaired) electrons. The summed E-state index contributed by atoms with van der Waals surface area (Å²) in [4.78, 5) is 5.87. The van der Waals surface area contributed by atoms with Gasteiger partial charge in [-0.25, -0.2) is 26.8 Å². The molecule has 0 saturated carbocycles. The predicted octanol–water partition coefficient (Wildman–Crippen LogP) is 2.94. The van der Waals surface area contributed by atoms with Crippen LogP contribution in [0.1, 0.15) is 10.5 Å². The Morgan fingerprint density at radius 2 is 2.16 bits per heavy atom. The summed E-state index contributed by atoms with van der Waals surface area (Å²) in [6.07, 6.45) is -1.04. The zero-order valence-electron chi connectivity index (χ0n) is 22.3. The molecule has 37 heavy (non-hydrogen) atoms. The molecule has 0 spiro atoms. The fourth-order valence-corrected chi connectivity index (χ4v) is 4.80. The maximum atomic E-state index is 15.1. The fourth-order valence-electron chi connectivity index (χ4n) is 4.80. The molecule has 2 aliphatic rings. The van der Waals surface area contributed by atoms with Gasteiger partial charge in [-0.1, -0.05) is 11.3 Å². The molecule has 14 heteroatoms. The summed E-state index contributed by atoms with van der Waals surface area (Å²) in [6.45, 7) is 0.178. The number of alkyl halides is 4. The fraction of sp³-hybridized carbons (Fsp3) is 0.478. The minimum Gasteiger partial charge on any atom is -0.479 e. The van der Waals surface area contributed by atoms with Gasteiger partial charge in [0.25, 0.3) is 12.3 Å². The van der Waals surface area contributed by atoms with E-state index in [2.05, 4.69) is 25.7 Å². The van der Waals surface area contributed by atoms with Gasteiger partial charge in [0.1, 0.15) is 17.6 Å². The van der Waals surface area contributed by atoms with Gasteiger partial charge in [0, 0.05) is 18.3 Å². The van der Waals surface area contributed by atoms with E-state index >= 15 is 8.78 Å². The van der Waals surface area contributed by atoms with E-state index in [9.17, 15) is 8.78 Å². The van der Waals surface area contributed by atoms with Crippen LogP contribution in [0.3, 0.4) is 0 Å². The molecule has 4 aromatic rings. The summed E-state index contributed by atoms with van der Waals surface area (Å²) >= 11 is 0. The minimum atomic E-state index is -3.11. The van der Waals surface area contributed by atoms with Crippen molar-refractivity contribution in [3.8, 4) is 17.0 Å². The molecule has 1 N–H and O–H groups in total. The van der Waals surface area contributed by atoms with Gasteiger partial charge in [-0.15, -0.1) is 10.2 Å². The number of nitrogens with zero attached hydrogens (tertiary/aromatic N) is 7. The lowest BCUT2D eigenvalue weighted by atomic mass is 9.98. The Morgan fingerprint density at radius 3 is 2.89 bits per heavy atom. The highest BCUT2D eigenvalue weighted by Gasteiger charge is 2.47. The van der Waals surface area contributed by atoms with E-state index in [4.69, 9.17) is 13.6 Å². The van der Waals surface area contributed by atoms with Crippen LogP contribution in [0.4, 0.5) is 23.5 Å². The first-order valence-electron chi connectivity index (χ1n) is 13.1. The average molecular weight is 524 g/mol. The third-order valence-electron chi connectivity index (χ3n) is 6.78. The van der Waals surface area contributed by atoms with Gasteiger partial charge < -0.3 is 14.8 Å². The van der Waals surface area contributed by atoms with Gasteiger partial charge in [0.15, 0.2) is 0 Å². The number of ether oxygens (including phenoxy) is 2. The lowest BCUT2D eigenvalue weighted by Gasteiger charge is -2.44. The molecule has 1 atom stereocenters. The Hall–Kier alpha value is -3.52. The van der Waals surface area contributed by atoms with E-state index in [1.807, 2.05) is 0 Å². The maximum Gasteiger partial charge on any atom is 0.280 e. The van der Waals surface area contributed by atoms with Crippen molar-refractivity contribution < 1.29 is 31.1 Å². The topological polar surface area (TPSA) is 94.6 Å². The van der Waals surface area contributed by atoms with Crippen molar-refractivity contribution in [2.75, 3.05) is 38.7 Å². The molecule has 1 unspecified atom stereocenters. The van der Waals surface area contributed by atoms with E-state index in [0.717, 1.165) is 4.68 Å². The molecule has 6 rings (SSSR count). The summed E-state index contributed by atoms with van der Waals surface area (Å²) in [5.41, 5.74) is 1.83. The van der Waals surface area contributed by atoms with Crippen LogP contribution >= 0.6 is 0 Å². The summed E-state index contributed by atoms with van der Waals surface area (Å²) < 4.78 is 91.7. The van der Waals surface area contributed by atoms with Crippen molar-refractivity contribution in [1.82, 2.24) is 34.5 Å². The first kappa shape index (κ1) is 20.5. The van der Waals surface area contributed by atoms with E-state index in [1.54, 1.807) is 29.2 Å². The Morgan fingerprint density at radius 1 is 1.30 bits per heavy atom. The molecule has 2 aliphatic heterocycles. The van der Waals surface area contributed by atoms with Gasteiger partial charge >= 0.3 is 0 Å². The van der Waals surface area contributed by atoms with E-state index < -0.39 is 38.5 Å². The number of aromatic nitrogens is 6. The molecule has 10 nitrogen and oxygen atoms in total. The van der Waals surface area contributed by atoms with Gasteiger partial charge in [0.2, 0.25) is 11.8 Å². The standard InChI is InChI=1S/C23H24F4N8O2/c1-36-21-20-15(13-2-3-16-17(8-13)35(32-30-16)9-19(24)25)4-7-34(20)31-22(29-21)28-18-5-6-33(12-23(18,26)27)14-10-37-11-14/h2-4,7-8,14,18-19H,5-6,9-12H2,1H3,(H,28,31)/i1D3. The van der Waals surface area contributed by atoms with Crippen LogP contribution in [-0.4, -0.2) is 92.3 Å². The largest absolute Gasteiger partial charge is 0.479 e. The number of hydrogen-bond acceptors (Lipinski definition) is 8. The van der Waals surface area contributed by atoms with Crippen molar-refractivity contribution >= 4 is 22.5 Å². The number of benzene rings is 1. The quantitative estimate of drug-likeness (QED) is 0.370. The van der Waals surface area contributed by atoms with Crippen LogP contribution in [0.2, 0.25) is 0 Å². The molecular weight excluding hydrogens is 496 g/mol. The van der Waals surface area contributed by atoms with Crippen molar-refractivity contribution in [2.45, 2.75) is 37.4 Å². The molecule has 0 bridgehead atoms. The lowest BCUT2D eigenvalue weighted by molar-refractivity contribution is -0.131. The van der Waals surface area contributed by atoms with Crippen LogP contribution in [0.5, 0.6) is 5.88 Å². The predicted molar refractivity (Wildman–Crippen MR) is 125 cm³/mol. The zero-order chi connectivity index (χ0) is 28.2. The average Bonchev–Trinajstić information content (AvgIpc) is 3.42. The number of methoxy groups -OCH3 is 1. The van der Waals surface area contributed by atoms with Gasteiger partial charge in [-0.05, 0) is 30.2 Å². The third kappa shape index (κ3) is 4.33. The summed E-state index contributed by atoms with van der Waals surface area (Å²) in [5.74, 6) is -3.69. The molecule has 3 aromatic heterocycles. The number of anilines is 1. The number of piperidine rings is 1. The maximum absolute atomic E-state index is 15.1. The second-order valence-electron chi connectivity index (χ2n) is 9.14. The number of fused-ring (bicyclic) bond motifs is 2. The monoisotopic (exact) mass is 523 g/mol. The van der Waals surface area contributed by atoms with Crippen LogP contribution in [-0.2, 0) is 11.3 Å². The van der Waals surface area contributed by atoms with E-state index in [0.29, 0.717) is 41.9 Å². The zero-order valence-corrected chi connectivity index (χ0v) is 19.3. The van der Waals surface area contributed by atoms with Crippen LogP contribution in [0.25, 0.3) is 27.7 Å². The Kier molecular flexibility index (Phi) is 5.05. The smallest absolute Gasteiger partial charge is 0.280 e. The van der Waals surface area contributed by atoms with Crippen LogP contribution in [0.15, 0.2) is 30.5 Å². The first-order valence-corrected chi connectivity index (χ1v) is 11.6. The van der Waals surface area contributed by atoms with Gasteiger partial charge in [-0.3, -0.25) is 4.90 Å². The van der Waals surface area contributed by atoms with Crippen LogP contribution < -0.4 is 10.1 Å². The SMILES string of the molecule is [2H]C([2H])([2H])Oc1nc(NC2CCN(C3COC3)CC2(F)F)nn2ccc(-c3ccc4nnn(CC(F)F)c4c3)c12. The molecule has 2 saturated heterocycles. The number of halogens is 4. The molecule has 2 fully saturated rings. The van der Waals surface area contributed by atoms with Gasteiger partial charge in [-0.2, -0.15) is 4.98 Å². The second kappa shape index (κ2) is 9.10. The Bertz CT molecular complexity index is 1540. The highest BCUT2D eigenvalue weighted by atomic mass is 19.3. The molecule has 1 aromatic carbocycles. The molecule has 196 valence electrons. The molecule has 5 heterocycles. The van der Waals surface area contributed by atoms with Crippen molar-refractivity contribution in [3.05, 3.63) is 30.5 Å². The number of likely N-dealkylation sites (tertiary alicyclic amines) is 1. The second-order valence-corrected chi connectivity index (χ2v) is 9.14. The molecule has 0 amide bonds. The Labute approximate surface area is 212 Å². The van der Waals surface area contributed by atoms with Gasteiger partial charge in [0.05, 0.1) is 48.5 Å². The summed E-state index contributed by atoms with van der Waals surface area (Å²) in [7, 11) is -2.91. The van der Waals surface area contributed by atoms with Crippen molar-refractivity contribution in [3.63, 3.8) is 0 Å². The normalized spacial score (nSPS) is 22.1. The van der Waals surface area contributed by atoms with Crippen molar-refractivity contribution in [1.29, 1.82) is 0 Å². The van der Waals surface area contributed by atoms with Crippen molar-refractivity contribution in [2.24, 2.45) is 0 Å². The van der Waals surface area contributed by atoms with E-state index in [1.165, 1.54) is 10.7 Å². The number of nitrogens with one attached hydrogen (secondary N) is 1. The third-order valence-corrected chi connectivity index (χ3v) is 6.78. The lowest BCUT2D eigenvalue weighted by Crippen LogP contribution is -2.61. The minimum absolute atomic E-state index is 0.0268. The molecule has 0 aliphatic carbocycles. The highest BCUT2D eigenvalue weighted by Crippen LogP contribution is 2.35. The molecular formula is C23H24F4N8O2. The Balaban J connectivity index is 1.35. The highest BCUT2D eigenvalue weighted by molar-refractivity contribution is 5.89. The number of rotatable bonds is 7. The summed E-state index contributed by atoms with van der Waals surface area (Å²) in [5, 5.41) is 14.6. The first-order chi connectivity index (χ1) is 19.0.